The summed E-state index contributed by atoms with van der Waals surface area (Å²) >= 11 is 0. The molecule has 1 aliphatic heterocycles. The van der Waals surface area contributed by atoms with Gasteiger partial charge in [0.1, 0.15) is 5.92 Å². The van der Waals surface area contributed by atoms with Crippen molar-refractivity contribution < 1.29 is 19.1 Å². The maximum atomic E-state index is 12.7. The Hall–Kier alpha value is -3.22. The molecule has 2 unspecified atom stereocenters. The second-order valence-corrected chi connectivity index (χ2v) is 5.90. The van der Waals surface area contributed by atoms with E-state index in [9.17, 15) is 9.59 Å². The van der Waals surface area contributed by atoms with Crippen molar-refractivity contribution in [2.75, 3.05) is 26.2 Å². The van der Waals surface area contributed by atoms with Crippen molar-refractivity contribution in [3.8, 4) is 11.5 Å². The van der Waals surface area contributed by atoms with Crippen LogP contribution in [-0.2, 0) is 9.59 Å². The molecule has 26 heavy (non-hydrogen) atoms. The number of amides is 2. The quantitative estimate of drug-likeness (QED) is 0.542. The van der Waals surface area contributed by atoms with Crippen LogP contribution in [0.2, 0.25) is 0 Å². The molecule has 7 heteroatoms. The Kier molecular flexibility index (Phi) is 5.26. The lowest BCUT2D eigenvalue weighted by molar-refractivity contribution is -0.133. The smallest absolute Gasteiger partial charge is 0.251 e. The average molecular weight is 355 g/mol. The van der Waals surface area contributed by atoms with Gasteiger partial charge in [-0.1, -0.05) is 36.4 Å². The highest BCUT2D eigenvalue weighted by molar-refractivity contribution is 6.03. The van der Waals surface area contributed by atoms with Gasteiger partial charge in [-0.2, -0.15) is 0 Å². The van der Waals surface area contributed by atoms with E-state index in [1.165, 1.54) is 14.2 Å². The number of ether oxygens (including phenoxy) is 2. The summed E-state index contributed by atoms with van der Waals surface area (Å²) in [7, 11) is 3.05. The van der Waals surface area contributed by atoms with Crippen molar-refractivity contribution in [1.82, 2.24) is 10.7 Å². The van der Waals surface area contributed by atoms with Crippen LogP contribution in [0, 0.1) is 5.92 Å². The molecule has 3 N–H and O–H groups in total. The molecule has 1 aliphatic rings. The average Bonchev–Trinajstić information content (AvgIpc) is 3.07. The number of rotatable bonds is 6. The van der Waals surface area contributed by atoms with Crippen molar-refractivity contribution in [2.24, 2.45) is 5.92 Å². The molecule has 1 fully saturated rings. The number of carbonyl (C=O) groups excluding carboxylic acids is 2. The molecule has 2 amide bonds. The Labute approximate surface area is 151 Å². The van der Waals surface area contributed by atoms with Gasteiger partial charge in [-0.05, 0) is 17.7 Å². The van der Waals surface area contributed by atoms with Crippen LogP contribution in [0.25, 0.3) is 0 Å². The number of hydrogen-bond acceptors (Lipinski definition) is 5. The number of hydrogen-bond donors (Lipinski definition) is 3. The largest absolute Gasteiger partial charge is 0.493 e. The van der Waals surface area contributed by atoms with Crippen molar-refractivity contribution in [3.63, 3.8) is 0 Å². The maximum Gasteiger partial charge on any atom is 0.251 e. The zero-order chi connectivity index (χ0) is 18.5. The molecule has 0 aromatic heterocycles. The van der Waals surface area contributed by atoms with Crippen LogP contribution in [0.5, 0.6) is 11.5 Å². The molecule has 7 nitrogen and oxygen atoms in total. The molecule has 0 bridgehead atoms. The summed E-state index contributed by atoms with van der Waals surface area (Å²) in [6.07, 6.45) is 0. The Morgan fingerprint density at radius 1 is 1.08 bits per heavy atom. The van der Waals surface area contributed by atoms with Gasteiger partial charge in [0.25, 0.3) is 5.91 Å². The summed E-state index contributed by atoms with van der Waals surface area (Å²) < 4.78 is 10.6. The third-order valence-electron chi connectivity index (χ3n) is 4.41. The van der Waals surface area contributed by atoms with Crippen LogP contribution in [0.15, 0.2) is 48.5 Å². The molecule has 2 aromatic carbocycles. The molecule has 0 spiro atoms. The van der Waals surface area contributed by atoms with Crippen LogP contribution in [0.3, 0.4) is 0 Å². The first kappa shape index (κ1) is 17.6. The van der Waals surface area contributed by atoms with Crippen molar-refractivity contribution >= 4 is 17.5 Å². The number of anilines is 1. The van der Waals surface area contributed by atoms with Crippen LogP contribution in [-0.4, -0.2) is 32.6 Å². The summed E-state index contributed by atoms with van der Waals surface area (Å²) in [4.78, 5) is 24.9. The van der Waals surface area contributed by atoms with E-state index in [4.69, 9.17) is 9.47 Å². The predicted octanol–water partition coefficient (Wildman–Crippen LogP) is 1.68. The number of nitrogens with one attached hydrogen (secondary N) is 3. The van der Waals surface area contributed by atoms with E-state index in [1.807, 2.05) is 30.3 Å². The molecule has 2 atom stereocenters. The van der Waals surface area contributed by atoms with E-state index in [1.54, 1.807) is 18.2 Å². The first-order valence-electron chi connectivity index (χ1n) is 8.25. The van der Waals surface area contributed by atoms with Crippen LogP contribution >= 0.6 is 0 Å². The Morgan fingerprint density at radius 3 is 2.54 bits per heavy atom. The number of para-hydroxylation sites is 1. The molecule has 136 valence electrons. The standard InChI is InChI=1S/C19H21N3O4/c1-25-15-10-6-9-14(17(15)26-2)21-22-19(24)16-13(11-20-18(16)23)12-7-4-3-5-8-12/h3-10,13,16,21H,11H2,1-2H3,(H,20,23)(H,22,24). The van der Waals surface area contributed by atoms with Crippen molar-refractivity contribution in [2.45, 2.75) is 5.92 Å². The van der Waals surface area contributed by atoms with E-state index in [-0.39, 0.29) is 11.8 Å². The summed E-state index contributed by atoms with van der Waals surface area (Å²) in [5, 5.41) is 2.77. The minimum Gasteiger partial charge on any atom is -0.493 e. The van der Waals surface area contributed by atoms with Gasteiger partial charge in [-0.15, -0.1) is 0 Å². The van der Waals surface area contributed by atoms with Gasteiger partial charge in [0.2, 0.25) is 5.91 Å². The SMILES string of the molecule is COc1cccc(NNC(=O)C2C(=O)NCC2c2ccccc2)c1OC. The topological polar surface area (TPSA) is 88.7 Å². The first-order valence-corrected chi connectivity index (χ1v) is 8.25. The first-order chi connectivity index (χ1) is 12.7. The highest BCUT2D eigenvalue weighted by Gasteiger charge is 2.41. The molecule has 3 rings (SSSR count). The van der Waals surface area contributed by atoms with E-state index >= 15 is 0 Å². The van der Waals surface area contributed by atoms with Gasteiger partial charge in [0, 0.05) is 12.5 Å². The summed E-state index contributed by atoms with van der Waals surface area (Å²) in [5.74, 6) is -0.702. The van der Waals surface area contributed by atoms with Crippen molar-refractivity contribution in [3.05, 3.63) is 54.1 Å². The summed E-state index contributed by atoms with van der Waals surface area (Å²) in [5.41, 5.74) is 6.92. The van der Waals surface area contributed by atoms with Gasteiger partial charge in [0.05, 0.1) is 19.9 Å². The van der Waals surface area contributed by atoms with Crippen molar-refractivity contribution in [1.29, 1.82) is 0 Å². The molecule has 0 radical (unpaired) electrons. The summed E-state index contributed by atoms with van der Waals surface area (Å²) in [6, 6.07) is 14.8. The molecule has 1 saturated heterocycles. The third kappa shape index (κ3) is 3.42. The fourth-order valence-corrected chi connectivity index (χ4v) is 3.13. The highest BCUT2D eigenvalue weighted by Crippen LogP contribution is 2.34. The maximum absolute atomic E-state index is 12.7. The Bertz CT molecular complexity index is 795. The zero-order valence-corrected chi connectivity index (χ0v) is 14.6. The monoisotopic (exact) mass is 355 g/mol. The van der Waals surface area contributed by atoms with Gasteiger partial charge >= 0.3 is 0 Å². The third-order valence-corrected chi connectivity index (χ3v) is 4.41. The normalized spacial score (nSPS) is 18.8. The Balaban J connectivity index is 1.74. The lowest BCUT2D eigenvalue weighted by Crippen LogP contribution is -2.40. The fraction of sp³-hybridized carbons (Fsp3) is 0.263. The van der Waals surface area contributed by atoms with Gasteiger partial charge in [0.15, 0.2) is 11.5 Å². The fourth-order valence-electron chi connectivity index (χ4n) is 3.13. The zero-order valence-electron chi connectivity index (χ0n) is 14.6. The molecule has 2 aromatic rings. The van der Waals surface area contributed by atoms with Crippen LogP contribution in [0.1, 0.15) is 11.5 Å². The van der Waals surface area contributed by atoms with E-state index in [2.05, 4.69) is 16.2 Å². The Morgan fingerprint density at radius 2 is 1.85 bits per heavy atom. The molecular formula is C19H21N3O4. The second-order valence-electron chi connectivity index (χ2n) is 5.90. The molecule has 0 saturated carbocycles. The van der Waals surface area contributed by atoms with E-state index < -0.39 is 11.8 Å². The predicted molar refractivity (Wildman–Crippen MR) is 97.0 cm³/mol. The molecule has 0 aliphatic carbocycles. The molecule has 1 heterocycles. The van der Waals surface area contributed by atoms with Crippen LogP contribution < -0.4 is 25.6 Å². The van der Waals surface area contributed by atoms with Gasteiger partial charge < -0.3 is 14.8 Å². The highest BCUT2D eigenvalue weighted by atomic mass is 16.5. The van der Waals surface area contributed by atoms with Gasteiger partial charge in [-0.3, -0.25) is 20.4 Å². The van der Waals surface area contributed by atoms with E-state index in [0.29, 0.717) is 23.7 Å². The minimum atomic E-state index is -0.804. The number of benzene rings is 2. The number of carbonyl (C=O) groups is 2. The second kappa shape index (κ2) is 7.77. The summed E-state index contributed by atoms with van der Waals surface area (Å²) in [6.45, 7) is 0.434. The van der Waals surface area contributed by atoms with E-state index in [0.717, 1.165) is 5.56 Å². The number of methoxy groups -OCH3 is 2. The lowest BCUT2D eigenvalue weighted by Gasteiger charge is -2.19. The van der Waals surface area contributed by atoms with Gasteiger partial charge in [-0.25, -0.2) is 0 Å². The number of hydrazine groups is 1. The molecular weight excluding hydrogens is 334 g/mol. The lowest BCUT2D eigenvalue weighted by atomic mass is 9.88. The minimum absolute atomic E-state index is 0.210. The van der Waals surface area contributed by atoms with Crippen LogP contribution in [0.4, 0.5) is 5.69 Å².